The lowest BCUT2D eigenvalue weighted by molar-refractivity contribution is 0.346. The molecule has 1 heterocycles. The van der Waals surface area contributed by atoms with Gasteiger partial charge in [0.1, 0.15) is 0 Å². The van der Waals surface area contributed by atoms with Crippen LogP contribution in [0.3, 0.4) is 0 Å². The van der Waals surface area contributed by atoms with Crippen LogP contribution in [0.5, 0.6) is 0 Å². The van der Waals surface area contributed by atoms with Crippen molar-refractivity contribution in [3.8, 4) is 0 Å². The van der Waals surface area contributed by atoms with E-state index in [1.165, 1.54) is 24.8 Å². The molecular formula is C15H22N2S. The lowest BCUT2D eigenvalue weighted by Crippen LogP contribution is -2.38. The molecule has 0 atom stereocenters. The fourth-order valence-electron chi connectivity index (χ4n) is 2.28. The Morgan fingerprint density at radius 2 is 1.94 bits per heavy atom. The number of nitrogens with zero attached hydrogens (tertiary/aromatic N) is 1. The van der Waals surface area contributed by atoms with E-state index in [1.807, 2.05) is 0 Å². The Morgan fingerprint density at radius 1 is 1.22 bits per heavy atom. The number of rotatable bonds is 2. The molecule has 0 bridgehead atoms. The van der Waals surface area contributed by atoms with E-state index in [4.69, 9.17) is 12.2 Å². The molecule has 0 unspecified atom stereocenters. The minimum atomic E-state index is 0.551. The molecular weight excluding hydrogens is 240 g/mol. The number of thiocarbonyl (C=S) groups is 1. The van der Waals surface area contributed by atoms with E-state index in [0.717, 1.165) is 23.9 Å². The van der Waals surface area contributed by atoms with Gasteiger partial charge in [0.15, 0.2) is 5.11 Å². The SMILES string of the molecule is CC(C)c1cccc(NC(=S)N2CCCCC2)c1. The van der Waals surface area contributed by atoms with Crippen LogP contribution in [0, 0.1) is 0 Å². The van der Waals surface area contributed by atoms with Crippen molar-refractivity contribution in [1.82, 2.24) is 4.90 Å². The molecule has 1 saturated heterocycles. The molecule has 1 aromatic rings. The van der Waals surface area contributed by atoms with Crippen LogP contribution in [0.2, 0.25) is 0 Å². The van der Waals surface area contributed by atoms with Gasteiger partial charge in [0.25, 0.3) is 0 Å². The summed E-state index contributed by atoms with van der Waals surface area (Å²) >= 11 is 5.48. The largest absolute Gasteiger partial charge is 0.349 e. The first-order valence-electron chi connectivity index (χ1n) is 6.82. The number of hydrogen-bond donors (Lipinski definition) is 1. The van der Waals surface area contributed by atoms with Crippen LogP contribution in [-0.4, -0.2) is 23.1 Å². The van der Waals surface area contributed by atoms with Gasteiger partial charge in [-0.3, -0.25) is 0 Å². The summed E-state index contributed by atoms with van der Waals surface area (Å²) in [6, 6.07) is 8.54. The summed E-state index contributed by atoms with van der Waals surface area (Å²) in [5.41, 5.74) is 2.46. The molecule has 0 saturated carbocycles. The molecule has 98 valence electrons. The molecule has 2 nitrogen and oxygen atoms in total. The van der Waals surface area contributed by atoms with E-state index in [9.17, 15) is 0 Å². The van der Waals surface area contributed by atoms with Crippen LogP contribution >= 0.6 is 12.2 Å². The molecule has 2 rings (SSSR count). The molecule has 1 N–H and O–H groups in total. The first-order valence-corrected chi connectivity index (χ1v) is 7.23. The zero-order valence-electron chi connectivity index (χ0n) is 11.3. The average Bonchev–Trinajstić information content (AvgIpc) is 2.40. The Kier molecular flexibility index (Phi) is 4.59. The van der Waals surface area contributed by atoms with E-state index >= 15 is 0 Å². The van der Waals surface area contributed by atoms with Crippen molar-refractivity contribution in [3.63, 3.8) is 0 Å². The summed E-state index contributed by atoms with van der Waals surface area (Å²) in [5, 5.41) is 4.24. The first kappa shape index (κ1) is 13.3. The van der Waals surface area contributed by atoms with Gasteiger partial charge in [-0.15, -0.1) is 0 Å². The lowest BCUT2D eigenvalue weighted by atomic mass is 10.0. The van der Waals surface area contributed by atoms with Crippen molar-refractivity contribution in [2.75, 3.05) is 18.4 Å². The molecule has 0 radical (unpaired) electrons. The highest BCUT2D eigenvalue weighted by Crippen LogP contribution is 2.19. The van der Waals surface area contributed by atoms with Crippen molar-refractivity contribution in [1.29, 1.82) is 0 Å². The quantitative estimate of drug-likeness (QED) is 0.811. The summed E-state index contributed by atoms with van der Waals surface area (Å²) in [5.74, 6) is 0.551. The molecule has 0 aromatic heterocycles. The molecule has 1 fully saturated rings. The number of likely N-dealkylation sites (tertiary alicyclic amines) is 1. The fraction of sp³-hybridized carbons (Fsp3) is 0.533. The summed E-state index contributed by atoms with van der Waals surface area (Å²) in [4.78, 5) is 2.28. The highest BCUT2D eigenvalue weighted by atomic mass is 32.1. The Morgan fingerprint density at radius 3 is 2.61 bits per heavy atom. The van der Waals surface area contributed by atoms with Crippen LogP contribution in [0.4, 0.5) is 5.69 Å². The highest BCUT2D eigenvalue weighted by Gasteiger charge is 2.13. The van der Waals surface area contributed by atoms with Crippen LogP contribution in [0.25, 0.3) is 0 Å². The van der Waals surface area contributed by atoms with Gasteiger partial charge in [-0.1, -0.05) is 26.0 Å². The second-order valence-electron chi connectivity index (χ2n) is 5.26. The second-order valence-corrected chi connectivity index (χ2v) is 5.64. The fourth-order valence-corrected chi connectivity index (χ4v) is 2.58. The number of piperidine rings is 1. The maximum Gasteiger partial charge on any atom is 0.173 e. The van der Waals surface area contributed by atoms with Crippen LogP contribution in [0.1, 0.15) is 44.6 Å². The first-order chi connectivity index (χ1) is 8.66. The van der Waals surface area contributed by atoms with Gasteiger partial charge < -0.3 is 10.2 Å². The number of nitrogens with one attached hydrogen (secondary N) is 1. The molecule has 1 aromatic carbocycles. The number of hydrogen-bond acceptors (Lipinski definition) is 1. The maximum absolute atomic E-state index is 5.48. The third-order valence-electron chi connectivity index (χ3n) is 3.45. The number of anilines is 1. The lowest BCUT2D eigenvalue weighted by Gasteiger charge is -2.29. The Labute approximate surface area is 115 Å². The van der Waals surface area contributed by atoms with E-state index in [2.05, 4.69) is 48.3 Å². The van der Waals surface area contributed by atoms with Crippen molar-refractivity contribution < 1.29 is 0 Å². The van der Waals surface area contributed by atoms with Gasteiger partial charge in [0.2, 0.25) is 0 Å². The Balaban J connectivity index is 1.99. The van der Waals surface area contributed by atoms with Crippen LogP contribution in [0.15, 0.2) is 24.3 Å². The van der Waals surface area contributed by atoms with E-state index < -0.39 is 0 Å². The minimum Gasteiger partial charge on any atom is -0.349 e. The molecule has 3 heteroatoms. The Bertz CT molecular complexity index is 409. The van der Waals surface area contributed by atoms with Gasteiger partial charge in [-0.2, -0.15) is 0 Å². The van der Waals surface area contributed by atoms with E-state index in [1.54, 1.807) is 0 Å². The van der Waals surface area contributed by atoms with Gasteiger partial charge in [0.05, 0.1) is 0 Å². The summed E-state index contributed by atoms with van der Waals surface area (Å²) in [6.07, 6.45) is 3.85. The minimum absolute atomic E-state index is 0.551. The smallest absolute Gasteiger partial charge is 0.173 e. The van der Waals surface area contributed by atoms with Crippen LogP contribution in [-0.2, 0) is 0 Å². The van der Waals surface area contributed by atoms with Gasteiger partial charge in [0, 0.05) is 18.8 Å². The van der Waals surface area contributed by atoms with Crippen molar-refractivity contribution >= 4 is 23.0 Å². The van der Waals surface area contributed by atoms with Gasteiger partial charge >= 0.3 is 0 Å². The van der Waals surface area contributed by atoms with Gasteiger partial charge in [-0.05, 0) is 55.1 Å². The molecule has 0 amide bonds. The predicted molar refractivity (Wildman–Crippen MR) is 82.2 cm³/mol. The second kappa shape index (κ2) is 6.19. The normalized spacial score (nSPS) is 15.8. The highest BCUT2D eigenvalue weighted by molar-refractivity contribution is 7.80. The van der Waals surface area contributed by atoms with E-state index in [-0.39, 0.29) is 0 Å². The third kappa shape index (κ3) is 3.45. The monoisotopic (exact) mass is 262 g/mol. The van der Waals surface area contributed by atoms with Crippen molar-refractivity contribution in [2.24, 2.45) is 0 Å². The zero-order valence-corrected chi connectivity index (χ0v) is 12.1. The van der Waals surface area contributed by atoms with Crippen molar-refractivity contribution in [2.45, 2.75) is 39.0 Å². The predicted octanol–water partition coefficient (Wildman–Crippen LogP) is 3.99. The topological polar surface area (TPSA) is 15.3 Å². The standard InChI is InChI=1S/C15H22N2S/c1-12(2)13-7-6-8-14(11-13)16-15(18)17-9-4-3-5-10-17/h6-8,11-12H,3-5,9-10H2,1-2H3,(H,16,18). The zero-order chi connectivity index (χ0) is 13.0. The molecule has 1 aliphatic rings. The van der Waals surface area contributed by atoms with Crippen LogP contribution < -0.4 is 5.32 Å². The molecule has 1 aliphatic heterocycles. The van der Waals surface area contributed by atoms with Gasteiger partial charge in [-0.25, -0.2) is 0 Å². The summed E-state index contributed by atoms with van der Waals surface area (Å²) < 4.78 is 0. The summed E-state index contributed by atoms with van der Waals surface area (Å²) in [6.45, 7) is 6.61. The Hall–Kier alpha value is -1.09. The summed E-state index contributed by atoms with van der Waals surface area (Å²) in [7, 11) is 0. The third-order valence-corrected chi connectivity index (χ3v) is 3.81. The molecule has 0 spiro atoms. The maximum atomic E-state index is 5.48. The van der Waals surface area contributed by atoms with Crippen molar-refractivity contribution in [3.05, 3.63) is 29.8 Å². The molecule has 0 aliphatic carbocycles. The average molecular weight is 262 g/mol. The van der Waals surface area contributed by atoms with E-state index in [0.29, 0.717) is 5.92 Å². The molecule has 18 heavy (non-hydrogen) atoms. The number of benzene rings is 1.